The van der Waals surface area contributed by atoms with E-state index in [1.807, 2.05) is 31.3 Å². The van der Waals surface area contributed by atoms with Gasteiger partial charge in [0.05, 0.1) is 12.7 Å². The molecule has 0 amide bonds. The maximum absolute atomic E-state index is 6.02. The molecule has 1 rings (SSSR count). The Morgan fingerprint density at radius 1 is 1.28 bits per heavy atom. The van der Waals surface area contributed by atoms with Crippen molar-refractivity contribution in [2.75, 3.05) is 20.2 Å². The number of hydrogen-bond acceptors (Lipinski definition) is 2. The normalized spacial score (nSPS) is 14.4. The third kappa shape index (κ3) is 5.38. The summed E-state index contributed by atoms with van der Waals surface area (Å²) in [4.78, 5) is 0. The second-order valence-corrected chi connectivity index (χ2v) is 5.26. The van der Waals surface area contributed by atoms with Crippen molar-refractivity contribution in [2.24, 2.45) is 5.92 Å². The van der Waals surface area contributed by atoms with Crippen LogP contribution in [0.4, 0.5) is 0 Å². The lowest BCUT2D eigenvalue weighted by Crippen LogP contribution is -2.21. The van der Waals surface area contributed by atoms with Crippen LogP contribution in [0.15, 0.2) is 24.3 Å². The Kier molecular flexibility index (Phi) is 7.33. The van der Waals surface area contributed by atoms with E-state index in [4.69, 9.17) is 16.3 Å². The van der Waals surface area contributed by atoms with Crippen LogP contribution in [0.2, 0.25) is 5.02 Å². The summed E-state index contributed by atoms with van der Waals surface area (Å²) >= 11 is 5.91. The Morgan fingerprint density at radius 2 is 1.94 bits per heavy atom. The van der Waals surface area contributed by atoms with Gasteiger partial charge in [0.1, 0.15) is 0 Å². The molecule has 3 heteroatoms. The van der Waals surface area contributed by atoms with Crippen LogP contribution in [0.1, 0.15) is 38.4 Å². The summed E-state index contributed by atoms with van der Waals surface area (Å²) in [6.45, 7) is 6.08. The summed E-state index contributed by atoms with van der Waals surface area (Å²) in [5.74, 6) is 0.613. The van der Waals surface area contributed by atoms with Crippen molar-refractivity contribution in [3.05, 3.63) is 34.9 Å². The van der Waals surface area contributed by atoms with Crippen LogP contribution in [0.5, 0.6) is 0 Å². The lowest BCUT2D eigenvalue weighted by molar-refractivity contribution is 0.0310. The van der Waals surface area contributed by atoms with E-state index >= 15 is 0 Å². The third-order valence-corrected chi connectivity index (χ3v) is 3.25. The molecule has 0 bridgehead atoms. The van der Waals surface area contributed by atoms with Crippen molar-refractivity contribution < 1.29 is 4.74 Å². The molecule has 0 radical (unpaired) electrons. The molecule has 0 aliphatic heterocycles. The van der Waals surface area contributed by atoms with Crippen LogP contribution >= 0.6 is 11.6 Å². The molecule has 1 N–H and O–H groups in total. The number of ether oxygens (including phenoxy) is 1. The molecule has 0 saturated heterocycles. The van der Waals surface area contributed by atoms with Crippen LogP contribution in [0.25, 0.3) is 0 Å². The van der Waals surface area contributed by atoms with E-state index in [0.717, 1.165) is 18.2 Å². The van der Waals surface area contributed by atoms with Crippen molar-refractivity contribution in [1.82, 2.24) is 5.32 Å². The predicted octanol–water partition coefficient (Wildman–Crippen LogP) is 4.05. The van der Waals surface area contributed by atoms with Gasteiger partial charge in [-0.15, -0.1) is 0 Å². The Bertz CT molecular complexity index is 326. The molecule has 0 aliphatic carbocycles. The van der Waals surface area contributed by atoms with E-state index in [9.17, 15) is 0 Å². The van der Waals surface area contributed by atoms with Crippen LogP contribution in [0.3, 0.4) is 0 Å². The lowest BCUT2D eigenvalue weighted by Gasteiger charge is -2.20. The summed E-state index contributed by atoms with van der Waals surface area (Å²) in [5, 5.41) is 3.94. The molecule has 0 fully saturated rings. The zero-order chi connectivity index (χ0) is 13.4. The molecule has 0 saturated carbocycles. The van der Waals surface area contributed by atoms with Gasteiger partial charge >= 0.3 is 0 Å². The minimum atomic E-state index is 0.103. The first-order chi connectivity index (χ1) is 8.67. The predicted molar refractivity (Wildman–Crippen MR) is 78.1 cm³/mol. The average Bonchev–Trinajstić information content (AvgIpc) is 2.36. The van der Waals surface area contributed by atoms with Gasteiger partial charge in [0.25, 0.3) is 0 Å². The summed E-state index contributed by atoms with van der Waals surface area (Å²) in [6, 6.07) is 7.90. The summed E-state index contributed by atoms with van der Waals surface area (Å²) in [7, 11) is 1.95. The van der Waals surface area contributed by atoms with Crippen molar-refractivity contribution in [3.63, 3.8) is 0 Å². The highest BCUT2D eigenvalue weighted by molar-refractivity contribution is 6.30. The first kappa shape index (κ1) is 15.5. The fourth-order valence-corrected chi connectivity index (χ4v) is 2.12. The van der Waals surface area contributed by atoms with Crippen LogP contribution in [-0.4, -0.2) is 20.2 Å². The first-order valence-electron chi connectivity index (χ1n) is 6.69. The Hall–Kier alpha value is -0.570. The Balaban J connectivity index is 2.56. The number of halogens is 1. The monoisotopic (exact) mass is 269 g/mol. The van der Waals surface area contributed by atoms with E-state index in [1.54, 1.807) is 0 Å². The van der Waals surface area contributed by atoms with Gasteiger partial charge in [-0.05, 0) is 37.1 Å². The lowest BCUT2D eigenvalue weighted by atomic mass is 10.1. The van der Waals surface area contributed by atoms with Gasteiger partial charge in [0.2, 0.25) is 0 Å². The number of rotatable bonds is 8. The third-order valence-electron chi connectivity index (χ3n) is 2.99. The molecule has 2 atom stereocenters. The molecule has 18 heavy (non-hydrogen) atoms. The molecule has 102 valence electrons. The topological polar surface area (TPSA) is 21.3 Å². The van der Waals surface area contributed by atoms with E-state index in [0.29, 0.717) is 5.92 Å². The number of hydrogen-bond donors (Lipinski definition) is 1. The van der Waals surface area contributed by atoms with Crippen molar-refractivity contribution in [1.29, 1.82) is 0 Å². The second-order valence-electron chi connectivity index (χ2n) is 4.83. The molecule has 1 aromatic carbocycles. The standard InChI is InChI=1S/C15H24ClNO/c1-4-5-12(2)11-18-15(10-17-3)13-6-8-14(16)9-7-13/h6-9,12,15,17H,4-5,10-11H2,1-3H3. The second kappa shape index (κ2) is 8.52. The number of nitrogens with one attached hydrogen (secondary N) is 1. The van der Waals surface area contributed by atoms with Gasteiger partial charge in [-0.2, -0.15) is 0 Å². The van der Waals surface area contributed by atoms with Crippen molar-refractivity contribution in [3.8, 4) is 0 Å². The molecular weight excluding hydrogens is 246 g/mol. The molecular formula is C15H24ClNO. The average molecular weight is 270 g/mol. The SMILES string of the molecule is CCCC(C)COC(CNC)c1ccc(Cl)cc1. The summed E-state index contributed by atoms with van der Waals surface area (Å²) in [6.07, 6.45) is 2.53. The fourth-order valence-electron chi connectivity index (χ4n) is 1.99. The molecule has 2 nitrogen and oxygen atoms in total. The zero-order valence-corrected chi connectivity index (χ0v) is 12.3. The van der Waals surface area contributed by atoms with E-state index in [1.165, 1.54) is 18.4 Å². The maximum atomic E-state index is 6.02. The molecule has 0 aromatic heterocycles. The number of benzene rings is 1. The zero-order valence-electron chi connectivity index (χ0n) is 11.6. The maximum Gasteiger partial charge on any atom is 0.0949 e. The Morgan fingerprint density at radius 3 is 2.50 bits per heavy atom. The van der Waals surface area contributed by atoms with Crippen molar-refractivity contribution in [2.45, 2.75) is 32.8 Å². The van der Waals surface area contributed by atoms with Crippen LogP contribution in [-0.2, 0) is 4.74 Å². The molecule has 1 aromatic rings. The van der Waals surface area contributed by atoms with E-state index in [-0.39, 0.29) is 6.10 Å². The highest BCUT2D eigenvalue weighted by atomic mass is 35.5. The summed E-state index contributed by atoms with van der Waals surface area (Å²) < 4.78 is 6.02. The van der Waals surface area contributed by atoms with Crippen molar-refractivity contribution >= 4 is 11.6 Å². The largest absolute Gasteiger partial charge is 0.372 e. The van der Waals surface area contributed by atoms with Crippen LogP contribution < -0.4 is 5.32 Å². The molecule has 2 unspecified atom stereocenters. The fraction of sp³-hybridized carbons (Fsp3) is 0.600. The highest BCUT2D eigenvalue weighted by Crippen LogP contribution is 2.20. The van der Waals surface area contributed by atoms with Gasteiger partial charge in [-0.25, -0.2) is 0 Å². The first-order valence-corrected chi connectivity index (χ1v) is 7.06. The summed E-state index contributed by atoms with van der Waals surface area (Å²) in [5.41, 5.74) is 1.18. The highest BCUT2D eigenvalue weighted by Gasteiger charge is 2.12. The molecule has 0 aliphatic rings. The van der Waals surface area contributed by atoms with Gasteiger partial charge in [-0.1, -0.05) is 44.0 Å². The van der Waals surface area contributed by atoms with E-state index in [2.05, 4.69) is 19.2 Å². The van der Waals surface area contributed by atoms with Gasteiger partial charge < -0.3 is 10.1 Å². The van der Waals surface area contributed by atoms with Gasteiger partial charge in [0, 0.05) is 11.6 Å². The minimum absolute atomic E-state index is 0.103. The van der Waals surface area contributed by atoms with E-state index < -0.39 is 0 Å². The van der Waals surface area contributed by atoms with Gasteiger partial charge in [0.15, 0.2) is 0 Å². The number of likely N-dealkylation sites (N-methyl/N-ethyl adjacent to an activating group) is 1. The Labute approximate surface area is 116 Å². The van der Waals surface area contributed by atoms with Crippen LogP contribution in [0, 0.1) is 5.92 Å². The quantitative estimate of drug-likeness (QED) is 0.769. The molecule has 0 heterocycles. The smallest absolute Gasteiger partial charge is 0.0949 e. The van der Waals surface area contributed by atoms with Gasteiger partial charge in [-0.3, -0.25) is 0 Å². The minimum Gasteiger partial charge on any atom is -0.372 e. The molecule has 0 spiro atoms.